The van der Waals surface area contributed by atoms with Crippen molar-refractivity contribution in [1.29, 1.82) is 0 Å². The van der Waals surface area contributed by atoms with Crippen molar-refractivity contribution in [3.8, 4) is 0 Å². The predicted molar refractivity (Wildman–Crippen MR) is 91.4 cm³/mol. The number of nitrogens with zero attached hydrogens (tertiary/aromatic N) is 4. The molecule has 0 aliphatic carbocycles. The molecule has 122 valence electrons. The van der Waals surface area contributed by atoms with E-state index in [0.29, 0.717) is 13.1 Å². The third-order valence-corrected chi connectivity index (χ3v) is 4.52. The maximum absolute atomic E-state index is 12.4. The second-order valence-corrected chi connectivity index (χ2v) is 6.03. The molecule has 1 aromatic heterocycles. The molecule has 0 bridgehead atoms. The largest absolute Gasteiger partial charge is 0.334 e. The van der Waals surface area contributed by atoms with E-state index in [9.17, 15) is 4.79 Å². The molecule has 1 fully saturated rings. The molecule has 1 unspecified atom stereocenters. The smallest absolute Gasteiger partial charge is 0.317 e. The monoisotopic (exact) mass is 321 g/mol. The van der Waals surface area contributed by atoms with Crippen molar-refractivity contribution < 1.29 is 4.79 Å². The molecule has 1 atom stereocenters. The van der Waals surface area contributed by atoms with E-state index in [1.165, 1.54) is 10.8 Å². The lowest BCUT2D eigenvalue weighted by atomic mass is 10.0. The number of hydrogen-bond donors (Lipinski definition) is 1. The van der Waals surface area contributed by atoms with Gasteiger partial charge < -0.3 is 10.2 Å². The first-order chi connectivity index (χ1) is 11.8. The zero-order chi connectivity index (χ0) is 16.4. The number of nitrogens with one attached hydrogen (secondary N) is 1. The number of likely N-dealkylation sites (tertiary alicyclic amines) is 1. The quantitative estimate of drug-likeness (QED) is 0.806. The summed E-state index contributed by atoms with van der Waals surface area (Å²) in [5.41, 5.74) is 1.13. The number of amides is 2. The van der Waals surface area contributed by atoms with Gasteiger partial charge in [-0.15, -0.1) is 0 Å². The van der Waals surface area contributed by atoms with Crippen molar-refractivity contribution in [2.24, 2.45) is 0 Å². The van der Waals surface area contributed by atoms with Crippen molar-refractivity contribution in [3.05, 3.63) is 60.4 Å². The highest BCUT2D eigenvalue weighted by atomic mass is 16.2. The van der Waals surface area contributed by atoms with Crippen LogP contribution in [0.2, 0.25) is 0 Å². The summed E-state index contributed by atoms with van der Waals surface area (Å²) in [5.74, 6) is 0. The number of hydrogen-bond acceptors (Lipinski definition) is 3. The van der Waals surface area contributed by atoms with Crippen molar-refractivity contribution in [1.82, 2.24) is 25.2 Å². The summed E-state index contributed by atoms with van der Waals surface area (Å²) in [6.45, 7) is 1.91. The van der Waals surface area contributed by atoms with E-state index >= 15 is 0 Å². The molecule has 24 heavy (non-hydrogen) atoms. The van der Waals surface area contributed by atoms with Crippen LogP contribution < -0.4 is 5.32 Å². The Bertz CT molecular complexity index is 840. The molecular weight excluding hydrogens is 302 g/mol. The van der Waals surface area contributed by atoms with E-state index < -0.39 is 0 Å². The first-order valence-electron chi connectivity index (χ1n) is 8.16. The lowest BCUT2D eigenvalue weighted by Gasteiger charge is -2.17. The predicted octanol–water partition coefficient (Wildman–Crippen LogP) is 2.59. The van der Waals surface area contributed by atoms with Crippen LogP contribution in [0.1, 0.15) is 18.0 Å². The Labute approximate surface area is 140 Å². The standard InChI is InChI=1S/C18H19N5O/c24-18(22-11-8-16(13-22)23-20-9-10-21-23)19-12-15-6-3-5-14-4-1-2-7-17(14)15/h1-7,9-10,16H,8,11-13H2,(H,19,24). The Morgan fingerprint density at radius 1 is 1.12 bits per heavy atom. The van der Waals surface area contributed by atoms with Crippen LogP contribution >= 0.6 is 0 Å². The fourth-order valence-corrected chi connectivity index (χ4v) is 3.26. The minimum absolute atomic E-state index is 0.0300. The number of benzene rings is 2. The summed E-state index contributed by atoms with van der Waals surface area (Å²) in [6, 6.07) is 14.5. The van der Waals surface area contributed by atoms with Gasteiger partial charge in [0.15, 0.2) is 0 Å². The van der Waals surface area contributed by atoms with E-state index in [0.717, 1.165) is 18.5 Å². The van der Waals surface area contributed by atoms with Crippen LogP contribution in [0, 0.1) is 0 Å². The molecule has 2 amide bonds. The number of fused-ring (bicyclic) bond motifs is 1. The van der Waals surface area contributed by atoms with Gasteiger partial charge in [0.1, 0.15) is 0 Å². The third kappa shape index (κ3) is 2.82. The molecule has 4 rings (SSSR count). The summed E-state index contributed by atoms with van der Waals surface area (Å²) in [7, 11) is 0. The fourth-order valence-electron chi connectivity index (χ4n) is 3.26. The van der Waals surface area contributed by atoms with Gasteiger partial charge in [-0.2, -0.15) is 15.0 Å². The SMILES string of the molecule is O=C(NCc1cccc2ccccc12)N1CCC(n2nccn2)C1. The van der Waals surface area contributed by atoms with Gasteiger partial charge in [-0.3, -0.25) is 0 Å². The Morgan fingerprint density at radius 3 is 2.79 bits per heavy atom. The average molecular weight is 321 g/mol. The number of urea groups is 1. The number of carbonyl (C=O) groups is 1. The number of aromatic nitrogens is 3. The van der Waals surface area contributed by atoms with Crippen LogP contribution in [0.15, 0.2) is 54.9 Å². The van der Waals surface area contributed by atoms with Gasteiger partial charge in [-0.25, -0.2) is 4.79 Å². The molecule has 2 heterocycles. The molecule has 0 radical (unpaired) electrons. The van der Waals surface area contributed by atoms with E-state index in [1.54, 1.807) is 17.2 Å². The third-order valence-electron chi connectivity index (χ3n) is 4.52. The number of rotatable bonds is 3. The maximum Gasteiger partial charge on any atom is 0.317 e. The number of carbonyl (C=O) groups excluding carboxylic acids is 1. The molecule has 1 N–H and O–H groups in total. The Balaban J connectivity index is 1.40. The van der Waals surface area contributed by atoms with Crippen molar-refractivity contribution in [2.45, 2.75) is 19.0 Å². The highest BCUT2D eigenvalue weighted by molar-refractivity contribution is 5.86. The Morgan fingerprint density at radius 2 is 1.92 bits per heavy atom. The van der Waals surface area contributed by atoms with Gasteiger partial charge in [-0.1, -0.05) is 42.5 Å². The maximum atomic E-state index is 12.4. The van der Waals surface area contributed by atoms with Crippen LogP contribution in [0.4, 0.5) is 4.79 Å². The zero-order valence-corrected chi connectivity index (χ0v) is 13.3. The van der Waals surface area contributed by atoms with Crippen LogP contribution in [0.25, 0.3) is 10.8 Å². The highest BCUT2D eigenvalue weighted by Crippen LogP contribution is 2.21. The molecule has 0 spiro atoms. The Hall–Kier alpha value is -2.89. The van der Waals surface area contributed by atoms with Crippen LogP contribution in [0.3, 0.4) is 0 Å². The zero-order valence-electron chi connectivity index (χ0n) is 13.3. The molecule has 2 aromatic carbocycles. The van der Waals surface area contributed by atoms with Crippen LogP contribution in [-0.4, -0.2) is 39.0 Å². The van der Waals surface area contributed by atoms with Crippen molar-refractivity contribution in [2.75, 3.05) is 13.1 Å². The second-order valence-electron chi connectivity index (χ2n) is 6.03. The Kier molecular flexibility index (Phi) is 3.86. The topological polar surface area (TPSA) is 63.1 Å². The summed E-state index contributed by atoms with van der Waals surface area (Å²) in [5, 5.41) is 13.7. The van der Waals surface area contributed by atoms with E-state index in [-0.39, 0.29) is 12.1 Å². The average Bonchev–Trinajstić information content (AvgIpc) is 3.30. The fraction of sp³-hybridized carbons (Fsp3) is 0.278. The van der Waals surface area contributed by atoms with Gasteiger partial charge in [0.05, 0.1) is 18.4 Å². The van der Waals surface area contributed by atoms with Gasteiger partial charge in [0.2, 0.25) is 0 Å². The summed E-state index contributed by atoms with van der Waals surface area (Å²) < 4.78 is 0. The minimum atomic E-state index is -0.0300. The normalized spacial score (nSPS) is 17.3. The van der Waals surface area contributed by atoms with E-state index in [2.05, 4.69) is 39.8 Å². The summed E-state index contributed by atoms with van der Waals surface area (Å²) in [4.78, 5) is 16.0. The van der Waals surface area contributed by atoms with Gasteiger partial charge in [0.25, 0.3) is 0 Å². The van der Waals surface area contributed by atoms with Gasteiger partial charge >= 0.3 is 6.03 Å². The first-order valence-corrected chi connectivity index (χ1v) is 8.16. The van der Waals surface area contributed by atoms with E-state index in [4.69, 9.17) is 0 Å². The van der Waals surface area contributed by atoms with Crippen LogP contribution in [-0.2, 0) is 6.54 Å². The van der Waals surface area contributed by atoms with E-state index in [1.807, 2.05) is 23.1 Å². The van der Waals surface area contributed by atoms with Gasteiger partial charge in [0, 0.05) is 19.6 Å². The molecule has 1 saturated heterocycles. The van der Waals surface area contributed by atoms with Crippen molar-refractivity contribution in [3.63, 3.8) is 0 Å². The van der Waals surface area contributed by atoms with Gasteiger partial charge in [-0.05, 0) is 22.8 Å². The lowest BCUT2D eigenvalue weighted by molar-refractivity contribution is 0.206. The molecule has 0 saturated carbocycles. The first kappa shape index (κ1) is 14.7. The summed E-state index contributed by atoms with van der Waals surface area (Å²) >= 11 is 0. The molecule has 3 aromatic rings. The molecule has 1 aliphatic rings. The molecular formula is C18H19N5O. The molecule has 1 aliphatic heterocycles. The summed E-state index contributed by atoms with van der Waals surface area (Å²) in [6.07, 6.45) is 4.23. The molecule has 6 nitrogen and oxygen atoms in total. The second kappa shape index (κ2) is 6.31. The molecule has 6 heteroatoms. The minimum Gasteiger partial charge on any atom is -0.334 e. The highest BCUT2D eigenvalue weighted by Gasteiger charge is 2.28. The lowest BCUT2D eigenvalue weighted by Crippen LogP contribution is -2.38. The van der Waals surface area contributed by atoms with Crippen molar-refractivity contribution >= 4 is 16.8 Å². The van der Waals surface area contributed by atoms with Crippen LogP contribution in [0.5, 0.6) is 0 Å².